The van der Waals surface area contributed by atoms with Gasteiger partial charge in [-0.2, -0.15) is 0 Å². The monoisotopic (exact) mass is 281 g/mol. The molecule has 0 amide bonds. The number of nitrogens with one attached hydrogen (secondary N) is 1. The Morgan fingerprint density at radius 1 is 1.42 bits per heavy atom. The van der Waals surface area contributed by atoms with Crippen molar-refractivity contribution in [2.45, 2.75) is 59.2 Å². The molecule has 0 aliphatic carbocycles. The molecule has 1 aromatic heterocycles. The first-order valence-corrected chi connectivity index (χ1v) is 8.38. The van der Waals surface area contributed by atoms with E-state index in [1.807, 2.05) is 17.5 Å². The molecule has 4 heteroatoms. The molecule has 1 aromatic rings. The van der Waals surface area contributed by atoms with Crippen molar-refractivity contribution in [1.82, 2.24) is 15.2 Å². The Bertz CT molecular complexity index is 390. The zero-order chi connectivity index (χ0) is 13.8. The number of thiazole rings is 1. The maximum absolute atomic E-state index is 4.56. The molecular weight excluding hydrogens is 254 g/mol. The first-order valence-electron chi connectivity index (χ1n) is 7.56. The summed E-state index contributed by atoms with van der Waals surface area (Å²) < 4.78 is 0. The molecular formula is C15H27N3S. The molecule has 3 atom stereocenters. The normalized spacial score (nSPS) is 28.7. The predicted molar refractivity (Wildman–Crippen MR) is 82.6 cm³/mol. The lowest BCUT2D eigenvalue weighted by Gasteiger charge is -2.42. The van der Waals surface area contributed by atoms with Gasteiger partial charge in [-0.1, -0.05) is 20.8 Å². The molecule has 1 aliphatic heterocycles. The van der Waals surface area contributed by atoms with E-state index in [0.29, 0.717) is 18.0 Å². The molecule has 3 nitrogen and oxygen atoms in total. The highest BCUT2D eigenvalue weighted by atomic mass is 32.1. The van der Waals surface area contributed by atoms with Crippen LogP contribution in [0.25, 0.3) is 0 Å². The molecule has 0 radical (unpaired) electrons. The van der Waals surface area contributed by atoms with Gasteiger partial charge in [0.1, 0.15) is 5.01 Å². The fourth-order valence-corrected chi connectivity index (χ4v) is 3.86. The van der Waals surface area contributed by atoms with Gasteiger partial charge in [0.15, 0.2) is 0 Å². The second kappa shape index (κ2) is 6.82. The van der Waals surface area contributed by atoms with Gasteiger partial charge >= 0.3 is 0 Å². The van der Waals surface area contributed by atoms with Crippen molar-refractivity contribution in [2.75, 3.05) is 13.1 Å². The molecule has 19 heavy (non-hydrogen) atoms. The number of aromatic nitrogens is 1. The van der Waals surface area contributed by atoms with Crippen LogP contribution in [0.2, 0.25) is 0 Å². The minimum atomic E-state index is 0.631. The first kappa shape index (κ1) is 14.9. The van der Waals surface area contributed by atoms with Gasteiger partial charge in [0, 0.05) is 29.7 Å². The van der Waals surface area contributed by atoms with Gasteiger partial charge in [-0.05, 0) is 32.2 Å². The number of rotatable bonds is 5. The maximum atomic E-state index is 4.56. The summed E-state index contributed by atoms with van der Waals surface area (Å²) in [6, 6.07) is 1.31. The average Bonchev–Trinajstić information content (AvgIpc) is 2.86. The Morgan fingerprint density at radius 2 is 2.21 bits per heavy atom. The van der Waals surface area contributed by atoms with E-state index in [9.17, 15) is 0 Å². The van der Waals surface area contributed by atoms with E-state index in [0.717, 1.165) is 19.5 Å². The van der Waals surface area contributed by atoms with Crippen LogP contribution >= 0.6 is 11.3 Å². The van der Waals surface area contributed by atoms with Crippen molar-refractivity contribution in [3.8, 4) is 0 Å². The summed E-state index contributed by atoms with van der Waals surface area (Å²) in [5, 5.41) is 4.90. The summed E-state index contributed by atoms with van der Waals surface area (Å²) >= 11 is 1.87. The van der Waals surface area contributed by atoms with Crippen molar-refractivity contribution in [3.63, 3.8) is 0 Å². The molecule has 108 valence electrons. The third kappa shape index (κ3) is 3.56. The summed E-state index contributed by atoms with van der Waals surface area (Å²) in [5.41, 5.74) is 0. The first-order chi connectivity index (χ1) is 9.15. The maximum Gasteiger partial charge on any atom is 0.107 e. The quantitative estimate of drug-likeness (QED) is 0.899. The molecule has 1 aliphatic rings. The van der Waals surface area contributed by atoms with Crippen LogP contribution in [0.4, 0.5) is 0 Å². The van der Waals surface area contributed by atoms with E-state index in [1.54, 1.807) is 0 Å². The second-order valence-corrected chi connectivity index (χ2v) is 6.80. The fraction of sp³-hybridized carbons (Fsp3) is 0.800. The number of aryl methyl sites for hydroxylation is 1. The Kier molecular flexibility index (Phi) is 5.37. The molecule has 0 bridgehead atoms. The van der Waals surface area contributed by atoms with Crippen LogP contribution in [-0.2, 0) is 13.0 Å². The van der Waals surface area contributed by atoms with Crippen LogP contribution in [0.15, 0.2) is 6.20 Å². The van der Waals surface area contributed by atoms with E-state index in [4.69, 9.17) is 0 Å². The van der Waals surface area contributed by atoms with Crippen LogP contribution in [0, 0.1) is 5.92 Å². The largest absolute Gasteiger partial charge is 0.314 e. The van der Waals surface area contributed by atoms with Gasteiger partial charge in [0.2, 0.25) is 0 Å². The lowest BCUT2D eigenvalue weighted by atomic mass is 9.87. The molecule has 1 N–H and O–H groups in total. The SMILES string of the molecule is CCNC1CCN(Cc2ncc(CC)s2)C(C)C1C. The highest BCUT2D eigenvalue weighted by Gasteiger charge is 2.32. The zero-order valence-corrected chi connectivity index (χ0v) is 13.5. The van der Waals surface area contributed by atoms with E-state index < -0.39 is 0 Å². The Labute approximate surface area is 121 Å². The van der Waals surface area contributed by atoms with Gasteiger partial charge in [-0.25, -0.2) is 4.98 Å². The van der Waals surface area contributed by atoms with E-state index in [-0.39, 0.29) is 0 Å². The third-order valence-corrected chi connectivity index (χ3v) is 5.58. The number of likely N-dealkylation sites (tertiary alicyclic amines) is 1. The van der Waals surface area contributed by atoms with Gasteiger partial charge < -0.3 is 5.32 Å². The van der Waals surface area contributed by atoms with E-state index in [2.05, 4.69) is 42.9 Å². The number of nitrogens with zero attached hydrogens (tertiary/aromatic N) is 2. The molecule has 1 saturated heterocycles. The second-order valence-electron chi connectivity index (χ2n) is 5.60. The fourth-order valence-electron chi connectivity index (χ4n) is 2.97. The third-order valence-electron chi connectivity index (χ3n) is 4.45. The lowest BCUT2D eigenvalue weighted by molar-refractivity contribution is 0.0790. The van der Waals surface area contributed by atoms with Crippen molar-refractivity contribution in [2.24, 2.45) is 5.92 Å². The van der Waals surface area contributed by atoms with Crippen LogP contribution in [-0.4, -0.2) is 35.1 Å². The van der Waals surface area contributed by atoms with Gasteiger partial charge in [-0.3, -0.25) is 4.90 Å². The van der Waals surface area contributed by atoms with Crippen molar-refractivity contribution in [3.05, 3.63) is 16.1 Å². The number of hydrogen-bond acceptors (Lipinski definition) is 4. The smallest absolute Gasteiger partial charge is 0.107 e. The summed E-state index contributed by atoms with van der Waals surface area (Å²) in [5.74, 6) is 0.708. The molecule has 1 fully saturated rings. The van der Waals surface area contributed by atoms with Crippen LogP contribution in [0.1, 0.15) is 44.0 Å². The lowest BCUT2D eigenvalue weighted by Crippen LogP contribution is -2.52. The molecule has 0 aromatic carbocycles. The average molecular weight is 281 g/mol. The van der Waals surface area contributed by atoms with Crippen molar-refractivity contribution in [1.29, 1.82) is 0 Å². The Morgan fingerprint density at radius 3 is 2.84 bits per heavy atom. The zero-order valence-electron chi connectivity index (χ0n) is 12.6. The Balaban J connectivity index is 1.94. The van der Waals surface area contributed by atoms with E-state index in [1.165, 1.54) is 22.9 Å². The summed E-state index contributed by atoms with van der Waals surface area (Å²) in [7, 11) is 0. The molecule has 3 unspecified atom stereocenters. The van der Waals surface area contributed by atoms with Gasteiger partial charge in [0.05, 0.1) is 6.54 Å². The van der Waals surface area contributed by atoms with Gasteiger partial charge in [0.25, 0.3) is 0 Å². The molecule has 0 saturated carbocycles. The predicted octanol–water partition coefficient (Wildman–Crippen LogP) is 2.91. The molecule has 2 rings (SSSR count). The highest BCUT2D eigenvalue weighted by Crippen LogP contribution is 2.26. The standard InChI is InChI=1S/C15H27N3S/c1-5-13-9-17-15(19-13)10-18-8-7-14(16-6-2)11(3)12(18)4/h9,11-12,14,16H,5-8,10H2,1-4H3. The van der Waals surface area contributed by atoms with Crippen molar-refractivity contribution >= 4 is 11.3 Å². The minimum Gasteiger partial charge on any atom is -0.314 e. The van der Waals surface area contributed by atoms with Crippen LogP contribution in [0.3, 0.4) is 0 Å². The molecule has 2 heterocycles. The van der Waals surface area contributed by atoms with E-state index >= 15 is 0 Å². The topological polar surface area (TPSA) is 28.2 Å². The highest BCUT2D eigenvalue weighted by molar-refractivity contribution is 7.11. The number of piperidine rings is 1. The summed E-state index contributed by atoms with van der Waals surface area (Å²) in [6.07, 6.45) is 4.40. The van der Waals surface area contributed by atoms with Gasteiger partial charge in [-0.15, -0.1) is 11.3 Å². The minimum absolute atomic E-state index is 0.631. The Hall–Kier alpha value is -0.450. The molecule has 0 spiro atoms. The summed E-state index contributed by atoms with van der Waals surface area (Å²) in [4.78, 5) is 8.55. The summed E-state index contributed by atoms with van der Waals surface area (Å²) in [6.45, 7) is 12.4. The van der Waals surface area contributed by atoms with Crippen molar-refractivity contribution < 1.29 is 0 Å². The number of hydrogen-bond donors (Lipinski definition) is 1. The van der Waals surface area contributed by atoms with Crippen LogP contribution < -0.4 is 5.32 Å². The van der Waals surface area contributed by atoms with Crippen LogP contribution in [0.5, 0.6) is 0 Å².